The predicted molar refractivity (Wildman–Crippen MR) is 77.4 cm³/mol. The first-order chi connectivity index (χ1) is 9.30. The zero-order valence-corrected chi connectivity index (χ0v) is 12.7. The van der Waals surface area contributed by atoms with Crippen molar-refractivity contribution in [3.8, 4) is 0 Å². The van der Waals surface area contributed by atoms with Crippen LogP contribution in [0.4, 0.5) is 0 Å². The minimum atomic E-state index is -1.19. The van der Waals surface area contributed by atoms with Crippen molar-refractivity contribution in [3.05, 3.63) is 35.4 Å². The van der Waals surface area contributed by atoms with E-state index in [4.69, 9.17) is 0 Å². The fourth-order valence-electron chi connectivity index (χ4n) is 2.12. The van der Waals surface area contributed by atoms with Gasteiger partial charge in [-0.25, -0.2) is 0 Å². The summed E-state index contributed by atoms with van der Waals surface area (Å²) in [6, 6.07) is 6.54. The highest BCUT2D eigenvalue weighted by Gasteiger charge is 2.30. The van der Waals surface area contributed by atoms with E-state index in [9.17, 15) is 14.7 Å². The molecule has 0 spiro atoms. The maximum atomic E-state index is 12.3. The molecule has 1 aliphatic rings. The van der Waals surface area contributed by atoms with Crippen molar-refractivity contribution in [3.63, 3.8) is 0 Å². The fraction of sp³-hybridized carbons (Fsp3) is 0.467. The third kappa shape index (κ3) is 2.98. The standard InChI is InChI=1S/C15H19NO3S/c1-15(2,3)11-6-4-10(5-7-11)13(17)16-9-20-8-12(16)14(18)19/h4-7,12H,8-9H2,1-3H3,(H,18,19)/p-1/t12-/m0/s1. The molecule has 1 atom stereocenters. The van der Waals surface area contributed by atoms with Crippen molar-refractivity contribution < 1.29 is 14.7 Å². The lowest BCUT2D eigenvalue weighted by Crippen LogP contribution is -2.48. The average molecular weight is 292 g/mol. The highest BCUT2D eigenvalue weighted by molar-refractivity contribution is 7.99. The maximum Gasteiger partial charge on any atom is 0.255 e. The molecule has 0 saturated carbocycles. The summed E-state index contributed by atoms with van der Waals surface area (Å²) in [4.78, 5) is 24.7. The molecule has 1 saturated heterocycles. The first-order valence-corrected chi connectivity index (χ1v) is 7.66. The summed E-state index contributed by atoms with van der Waals surface area (Å²) in [7, 11) is 0. The lowest BCUT2D eigenvalue weighted by atomic mass is 9.86. The second-order valence-corrected chi connectivity index (χ2v) is 6.94. The van der Waals surface area contributed by atoms with Gasteiger partial charge >= 0.3 is 0 Å². The van der Waals surface area contributed by atoms with Crippen LogP contribution in [0.25, 0.3) is 0 Å². The second-order valence-electron chi connectivity index (χ2n) is 5.94. The van der Waals surface area contributed by atoms with E-state index in [1.165, 1.54) is 16.7 Å². The van der Waals surface area contributed by atoms with Crippen LogP contribution in [0.2, 0.25) is 0 Å². The minimum absolute atomic E-state index is 0.0264. The molecule has 1 amide bonds. The van der Waals surface area contributed by atoms with Crippen LogP contribution in [0, 0.1) is 0 Å². The van der Waals surface area contributed by atoms with Crippen LogP contribution in [0.1, 0.15) is 36.7 Å². The van der Waals surface area contributed by atoms with Gasteiger partial charge in [0.2, 0.25) is 0 Å². The van der Waals surface area contributed by atoms with E-state index >= 15 is 0 Å². The molecule has 0 unspecified atom stereocenters. The Bertz CT molecular complexity index is 519. The zero-order chi connectivity index (χ0) is 14.9. The molecule has 0 N–H and O–H groups in total. The number of amides is 1. The lowest BCUT2D eigenvalue weighted by molar-refractivity contribution is -0.309. The smallest absolute Gasteiger partial charge is 0.255 e. The van der Waals surface area contributed by atoms with E-state index in [-0.39, 0.29) is 11.3 Å². The highest BCUT2D eigenvalue weighted by atomic mass is 32.2. The van der Waals surface area contributed by atoms with Gasteiger partial charge in [0.1, 0.15) is 0 Å². The number of carboxylic acids is 1. The van der Waals surface area contributed by atoms with Crippen LogP contribution in [0.15, 0.2) is 24.3 Å². The van der Waals surface area contributed by atoms with Crippen LogP contribution >= 0.6 is 11.8 Å². The first-order valence-electron chi connectivity index (χ1n) is 6.51. The molecular formula is C15H18NO3S-. The van der Waals surface area contributed by atoms with E-state index in [1.807, 2.05) is 12.1 Å². The van der Waals surface area contributed by atoms with Gasteiger partial charge < -0.3 is 14.8 Å². The normalized spacial score (nSPS) is 19.1. The van der Waals surface area contributed by atoms with E-state index in [0.717, 1.165) is 5.56 Å². The molecule has 1 heterocycles. The summed E-state index contributed by atoms with van der Waals surface area (Å²) in [5.74, 6) is -0.633. The zero-order valence-electron chi connectivity index (χ0n) is 11.9. The Kier molecular flexibility index (Phi) is 4.09. The number of thioether (sulfide) groups is 1. The topological polar surface area (TPSA) is 60.4 Å². The summed E-state index contributed by atoms with van der Waals surface area (Å²) in [6.45, 7) is 6.31. The Morgan fingerprint density at radius 1 is 1.25 bits per heavy atom. The monoisotopic (exact) mass is 292 g/mol. The highest BCUT2D eigenvalue weighted by Crippen LogP contribution is 2.25. The van der Waals surface area contributed by atoms with Gasteiger partial charge in [0.25, 0.3) is 5.91 Å². The molecule has 4 nitrogen and oxygen atoms in total. The Balaban J connectivity index is 2.19. The van der Waals surface area contributed by atoms with Crippen molar-refractivity contribution in [2.24, 2.45) is 0 Å². The van der Waals surface area contributed by atoms with Crippen LogP contribution in [-0.2, 0) is 10.2 Å². The minimum Gasteiger partial charge on any atom is -0.548 e. The first kappa shape index (κ1) is 14.9. The van der Waals surface area contributed by atoms with E-state index in [0.29, 0.717) is 17.2 Å². The Hall–Kier alpha value is -1.49. The lowest BCUT2D eigenvalue weighted by Gasteiger charge is -2.25. The number of aliphatic carboxylic acids is 1. The van der Waals surface area contributed by atoms with Gasteiger partial charge in [0.05, 0.1) is 17.9 Å². The van der Waals surface area contributed by atoms with E-state index in [2.05, 4.69) is 20.8 Å². The third-order valence-corrected chi connectivity index (χ3v) is 4.43. The van der Waals surface area contributed by atoms with Gasteiger partial charge in [-0.2, -0.15) is 0 Å². The number of rotatable bonds is 2. The van der Waals surface area contributed by atoms with Crippen molar-refractivity contribution in [1.29, 1.82) is 0 Å². The second kappa shape index (κ2) is 5.48. The molecule has 108 valence electrons. The number of carbonyl (C=O) groups is 2. The van der Waals surface area contributed by atoms with Gasteiger partial charge in [-0.15, -0.1) is 11.8 Å². The number of hydrogen-bond acceptors (Lipinski definition) is 4. The third-order valence-electron chi connectivity index (χ3n) is 3.41. The molecule has 5 heteroatoms. The van der Waals surface area contributed by atoms with E-state index < -0.39 is 12.0 Å². The van der Waals surface area contributed by atoms with Gasteiger partial charge in [-0.05, 0) is 23.1 Å². The quantitative estimate of drug-likeness (QED) is 0.823. The van der Waals surface area contributed by atoms with Crippen LogP contribution < -0.4 is 5.11 Å². The van der Waals surface area contributed by atoms with Crippen LogP contribution in [0.3, 0.4) is 0 Å². The van der Waals surface area contributed by atoms with Gasteiger partial charge in [0.15, 0.2) is 0 Å². The molecule has 0 radical (unpaired) electrons. The summed E-state index contributed by atoms with van der Waals surface area (Å²) >= 11 is 1.43. The molecular weight excluding hydrogens is 274 g/mol. The molecule has 0 aliphatic carbocycles. The SMILES string of the molecule is CC(C)(C)c1ccc(C(=O)N2CSC[C@H]2C(=O)[O-])cc1. The molecule has 2 rings (SSSR count). The Labute approximate surface area is 123 Å². The summed E-state index contributed by atoms with van der Waals surface area (Å²) in [5.41, 5.74) is 1.69. The molecule has 20 heavy (non-hydrogen) atoms. The van der Waals surface area contributed by atoms with Crippen LogP contribution in [0.5, 0.6) is 0 Å². The van der Waals surface area contributed by atoms with Crippen molar-refractivity contribution in [2.45, 2.75) is 32.2 Å². The van der Waals surface area contributed by atoms with Crippen molar-refractivity contribution >= 4 is 23.6 Å². The number of carbonyl (C=O) groups excluding carboxylic acids is 2. The van der Waals surface area contributed by atoms with Gasteiger partial charge in [-0.1, -0.05) is 32.9 Å². The molecule has 0 aromatic heterocycles. The molecule has 1 aliphatic heterocycles. The van der Waals surface area contributed by atoms with Crippen molar-refractivity contribution in [1.82, 2.24) is 4.90 Å². The molecule has 0 bridgehead atoms. The summed E-state index contributed by atoms with van der Waals surface area (Å²) < 4.78 is 0. The van der Waals surface area contributed by atoms with E-state index in [1.54, 1.807) is 12.1 Å². The number of carboxylic acid groups (broad SMARTS) is 1. The van der Waals surface area contributed by atoms with Gasteiger partial charge in [-0.3, -0.25) is 4.79 Å². The molecule has 1 aromatic carbocycles. The fourth-order valence-corrected chi connectivity index (χ4v) is 3.26. The maximum absolute atomic E-state index is 12.3. The van der Waals surface area contributed by atoms with Crippen LogP contribution in [-0.4, -0.2) is 34.4 Å². The predicted octanol–water partition coefficient (Wildman–Crippen LogP) is 1.25. The Morgan fingerprint density at radius 2 is 1.85 bits per heavy atom. The molecule has 1 fully saturated rings. The summed E-state index contributed by atoms with van der Waals surface area (Å²) in [5, 5.41) is 11.0. The summed E-state index contributed by atoms with van der Waals surface area (Å²) in [6.07, 6.45) is 0. The average Bonchev–Trinajstić information content (AvgIpc) is 2.86. The number of nitrogens with zero attached hydrogens (tertiary/aromatic N) is 1. The van der Waals surface area contributed by atoms with Gasteiger partial charge in [0, 0.05) is 11.3 Å². The largest absolute Gasteiger partial charge is 0.548 e. The number of hydrogen-bond donors (Lipinski definition) is 0. The van der Waals surface area contributed by atoms with Crippen molar-refractivity contribution in [2.75, 3.05) is 11.6 Å². The molecule has 1 aromatic rings. The Morgan fingerprint density at radius 3 is 2.35 bits per heavy atom. The number of benzene rings is 1.